The van der Waals surface area contributed by atoms with Gasteiger partial charge in [0.1, 0.15) is 6.04 Å². The van der Waals surface area contributed by atoms with E-state index in [0.29, 0.717) is 0 Å². The first kappa shape index (κ1) is 12.0. The Kier molecular flexibility index (Phi) is 3.66. The molecule has 1 fully saturated rings. The zero-order valence-corrected chi connectivity index (χ0v) is 10.5. The molecule has 1 aliphatic rings. The highest BCUT2D eigenvalue weighted by Gasteiger charge is 2.21. The molecule has 1 aromatic rings. The predicted molar refractivity (Wildman–Crippen MR) is 66.7 cm³/mol. The fourth-order valence-corrected chi connectivity index (χ4v) is 2.20. The van der Waals surface area contributed by atoms with Gasteiger partial charge in [-0.25, -0.2) is 0 Å². The van der Waals surface area contributed by atoms with Crippen LogP contribution in [0.4, 0.5) is 5.69 Å². The van der Waals surface area contributed by atoms with Gasteiger partial charge in [-0.15, -0.1) is 0 Å². The van der Waals surface area contributed by atoms with E-state index in [-0.39, 0.29) is 11.9 Å². The lowest BCUT2D eigenvalue weighted by atomic mass is 10.1. The normalized spacial score (nSPS) is 17.9. The molecule has 17 heavy (non-hydrogen) atoms. The van der Waals surface area contributed by atoms with Gasteiger partial charge >= 0.3 is 0 Å². The topological polar surface area (TPSA) is 50.2 Å². The molecule has 1 N–H and O–H groups in total. The maximum absolute atomic E-state index is 12.1. The van der Waals surface area contributed by atoms with E-state index in [0.717, 1.165) is 31.6 Å². The molecule has 0 bridgehead atoms. The monoisotopic (exact) mass is 236 g/mol. The van der Waals surface area contributed by atoms with Crippen molar-refractivity contribution in [3.05, 3.63) is 12.4 Å². The van der Waals surface area contributed by atoms with Crippen LogP contribution in [-0.2, 0) is 11.8 Å². The highest BCUT2D eigenvalue weighted by molar-refractivity contribution is 5.84. The quantitative estimate of drug-likeness (QED) is 0.859. The van der Waals surface area contributed by atoms with E-state index in [1.165, 1.54) is 6.42 Å². The third kappa shape index (κ3) is 2.99. The molecular formula is C12H20N4O. The van der Waals surface area contributed by atoms with Crippen molar-refractivity contribution in [3.8, 4) is 0 Å². The lowest BCUT2D eigenvalue weighted by Crippen LogP contribution is -2.43. The van der Waals surface area contributed by atoms with Crippen LogP contribution in [0.1, 0.15) is 26.2 Å². The smallest absolute Gasteiger partial charge is 0.244 e. The lowest BCUT2D eigenvalue weighted by Gasteiger charge is -2.29. The Morgan fingerprint density at radius 3 is 2.71 bits per heavy atom. The van der Waals surface area contributed by atoms with Gasteiger partial charge in [-0.3, -0.25) is 9.48 Å². The Morgan fingerprint density at radius 1 is 1.41 bits per heavy atom. The number of piperidine rings is 1. The van der Waals surface area contributed by atoms with Gasteiger partial charge in [0.25, 0.3) is 0 Å². The number of anilines is 1. The van der Waals surface area contributed by atoms with Crippen molar-refractivity contribution in [2.24, 2.45) is 7.05 Å². The standard InChI is InChI=1S/C12H20N4O/c1-10(14-11-8-13-15(2)9-11)12(17)16-6-4-3-5-7-16/h8-10,14H,3-7H2,1-2H3. The predicted octanol–water partition coefficient (Wildman–Crippen LogP) is 1.23. The molecule has 2 rings (SSSR count). The molecule has 1 saturated heterocycles. The Balaban J connectivity index is 1.90. The highest BCUT2D eigenvalue weighted by Crippen LogP contribution is 2.12. The van der Waals surface area contributed by atoms with E-state index < -0.39 is 0 Å². The summed E-state index contributed by atoms with van der Waals surface area (Å²) in [5.41, 5.74) is 0.894. The fourth-order valence-electron chi connectivity index (χ4n) is 2.20. The maximum atomic E-state index is 12.1. The number of likely N-dealkylation sites (tertiary alicyclic amines) is 1. The van der Waals surface area contributed by atoms with Crippen molar-refractivity contribution in [1.82, 2.24) is 14.7 Å². The number of hydrogen-bond donors (Lipinski definition) is 1. The van der Waals surface area contributed by atoms with E-state index in [2.05, 4.69) is 10.4 Å². The first-order valence-electron chi connectivity index (χ1n) is 6.21. The minimum Gasteiger partial charge on any atom is -0.371 e. The summed E-state index contributed by atoms with van der Waals surface area (Å²) in [5, 5.41) is 7.26. The van der Waals surface area contributed by atoms with Crippen molar-refractivity contribution in [1.29, 1.82) is 0 Å². The Bertz CT molecular complexity index is 382. The van der Waals surface area contributed by atoms with Crippen LogP contribution in [-0.4, -0.2) is 39.7 Å². The van der Waals surface area contributed by atoms with Crippen molar-refractivity contribution in [2.75, 3.05) is 18.4 Å². The summed E-state index contributed by atoms with van der Waals surface area (Å²) in [5.74, 6) is 0.188. The molecule has 0 saturated carbocycles. The molecule has 1 aliphatic heterocycles. The average Bonchev–Trinajstić information content (AvgIpc) is 2.75. The van der Waals surface area contributed by atoms with Gasteiger partial charge in [-0.2, -0.15) is 5.10 Å². The summed E-state index contributed by atoms with van der Waals surface area (Å²) in [7, 11) is 1.86. The molecule has 1 unspecified atom stereocenters. The molecule has 1 aromatic heterocycles. The molecule has 0 aliphatic carbocycles. The zero-order chi connectivity index (χ0) is 12.3. The van der Waals surface area contributed by atoms with Crippen LogP contribution in [0.3, 0.4) is 0 Å². The minimum atomic E-state index is -0.183. The summed E-state index contributed by atoms with van der Waals surface area (Å²) < 4.78 is 1.72. The molecule has 5 nitrogen and oxygen atoms in total. The van der Waals surface area contributed by atoms with Crippen LogP contribution in [0.2, 0.25) is 0 Å². The maximum Gasteiger partial charge on any atom is 0.244 e. The van der Waals surface area contributed by atoms with E-state index >= 15 is 0 Å². The summed E-state index contributed by atoms with van der Waals surface area (Å²) in [6.07, 6.45) is 7.12. The number of amides is 1. The number of hydrogen-bond acceptors (Lipinski definition) is 3. The van der Waals surface area contributed by atoms with Crippen LogP contribution in [0, 0.1) is 0 Å². The number of aryl methyl sites for hydroxylation is 1. The van der Waals surface area contributed by atoms with Crippen LogP contribution >= 0.6 is 0 Å². The summed E-state index contributed by atoms with van der Waals surface area (Å²) in [6.45, 7) is 3.71. The number of carbonyl (C=O) groups excluding carboxylic acids is 1. The van der Waals surface area contributed by atoms with Crippen molar-refractivity contribution < 1.29 is 4.79 Å². The SMILES string of the molecule is CC(Nc1cnn(C)c1)C(=O)N1CCCCC1. The van der Waals surface area contributed by atoms with Gasteiger partial charge in [0.15, 0.2) is 0 Å². The third-order valence-electron chi connectivity index (χ3n) is 3.13. The van der Waals surface area contributed by atoms with E-state index in [1.807, 2.05) is 25.1 Å². The summed E-state index contributed by atoms with van der Waals surface area (Å²) in [6, 6.07) is -0.183. The molecule has 0 spiro atoms. The summed E-state index contributed by atoms with van der Waals surface area (Å²) in [4.78, 5) is 14.1. The Hall–Kier alpha value is -1.52. The molecule has 94 valence electrons. The van der Waals surface area contributed by atoms with Crippen LogP contribution in [0.25, 0.3) is 0 Å². The molecular weight excluding hydrogens is 216 g/mol. The van der Waals surface area contributed by atoms with E-state index in [9.17, 15) is 4.79 Å². The van der Waals surface area contributed by atoms with E-state index in [4.69, 9.17) is 0 Å². The Labute approximate surface area is 102 Å². The number of aromatic nitrogens is 2. The first-order valence-corrected chi connectivity index (χ1v) is 6.21. The third-order valence-corrected chi connectivity index (χ3v) is 3.13. The first-order chi connectivity index (χ1) is 8.16. The van der Waals surface area contributed by atoms with Gasteiger partial charge in [0, 0.05) is 26.3 Å². The van der Waals surface area contributed by atoms with Crippen LogP contribution in [0.5, 0.6) is 0 Å². The van der Waals surface area contributed by atoms with Crippen molar-refractivity contribution in [2.45, 2.75) is 32.2 Å². The molecule has 1 atom stereocenters. The lowest BCUT2D eigenvalue weighted by molar-refractivity contribution is -0.132. The molecule has 0 radical (unpaired) electrons. The minimum absolute atomic E-state index is 0.183. The van der Waals surface area contributed by atoms with Gasteiger partial charge in [-0.1, -0.05) is 0 Å². The van der Waals surface area contributed by atoms with E-state index in [1.54, 1.807) is 10.9 Å². The fraction of sp³-hybridized carbons (Fsp3) is 0.667. The van der Waals surface area contributed by atoms with Crippen molar-refractivity contribution in [3.63, 3.8) is 0 Å². The molecule has 1 amide bonds. The number of rotatable bonds is 3. The summed E-state index contributed by atoms with van der Waals surface area (Å²) >= 11 is 0. The second-order valence-electron chi connectivity index (χ2n) is 4.65. The van der Waals surface area contributed by atoms with Crippen molar-refractivity contribution >= 4 is 11.6 Å². The Morgan fingerprint density at radius 2 is 2.12 bits per heavy atom. The largest absolute Gasteiger partial charge is 0.371 e. The second-order valence-corrected chi connectivity index (χ2v) is 4.65. The average molecular weight is 236 g/mol. The van der Waals surface area contributed by atoms with Gasteiger partial charge in [-0.05, 0) is 26.2 Å². The number of nitrogens with one attached hydrogen (secondary N) is 1. The number of carbonyl (C=O) groups is 1. The molecule has 5 heteroatoms. The van der Waals surface area contributed by atoms with Crippen LogP contribution < -0.4 is 5.32 Å². The number of nitrogens with zero attached hydrogens (tertiary/aromatic N) is 3. The van der Waals surface area contributed by atoms with Gasteiger partial charge in [0.2, 0.25) is 5.91 Å². The van der Waals surface area contributed by atoms with Crippen LogP contribution in [0.15, 0.2) is 12.4 Å². The highest BCUT2D eigenvalue weighted by atomic mass is 16.2. The molecule has 0 aromatic carbocycles. The van der Waals surface area contributed by atoms with Gasteiger partial charge in [0.05, 0.1) is 11.9 Å². The second kappa shape index (κ2) is 5.21. The zero-order valence-electron chi connectivity index (χ0n) is 10.5. The molecule has 2 heterocycles. The van der Waals surface area contributed by atoms with Gasteiger partial charge < -0.3 is 10.2 Å².